The van der Waals surface area contributed by atoms with E-state index in [1.165, 1.54) is 0 Å². The van der Waals surface area contributed by atoms with Crippen molar-refractivity contribution in [2.45, 2.75) is 19.4 Å². The number of aliphatic hydroxyl groups excluding tert-OH is 1. The average Bonchev–Trinajstić information content (AvgIpc) is 2.70. The van der Waals surface area contributed by atoms with Crippen molar-refractivity contribution in [1.29, 1.82) is 0 Å². The van der Waals surface area contributed by atoms with Crippen LogP contribution >= 0.6 is 11.6 Å². The lowest BCUT2D eigenvalue weighted by Crippen LogP contribution is -2.27. The molecule has 5 nitrogen and oxygen atoms in total. The van der Waals surface area contributed by atoms with E-state index in [4.69, 9.17) is 11.6 Å². The Bertz CT molecular complexity index is 534. The molecule has 1 heterocycles. The van der Waals surface area contributed by atoms with E-state index in [1.807, 2.05) is 6.07 Å². The number of carbonyl (C=O) groups is 1. The molecule has 1 aromatic carbocycles. The van der Waals surface area contributed by atoms with E-state index in [9.17, 15) is 9.90 Å². The molecule has 1 unspecified atom stereocenters. The van der Waals surface area contributed by atoms with Crippen LogP contribution in [0.2, 0.25) is 5.02 Å². The van der Waals surface area contributed by atoms with Crippen LogP contribution < -0.4 is 10.2 Å². The molecule has 0 radical (unpaired) electrons. The van der Waals surface area contributed by atoms with Crippen molar-refractivity contribution in [3.63, 3.8) is 0 Å². The lowest BCUT2D eigenvalue weighted by molar-refractivity contribution is -0.123. The Morgan fingerprint density at radius 1 is 1.33 bits per heavy atom. The fourth-order valence-electron chi connectivity index (χ4n) is 2.52. The topological polar surface area (TPSA) is 55.8 Å². The molecular weight excluding hydrogens is 290 g/mol. The second-order valence-corrected chi connectivity index (χ2v) is 5.93. The first-order chi connectivity index (χ1) is 9.93. The van der Waals surface area contributed by atoms with Gasteiger partial charge in [0.1, 0.15) is 0 Å². The number of hydrogen-bond donors (Lipinski definition) is 2. The number of aliphatic hydroxyl groups is 1. The molecule has 0 spiro atoms. The zero-order valence-corrected chi connectivity index (χ0v) is 13.4. The van der Waals surface area contributed by atoms with E-state index in [-0.39, 0.29) is 0 Å². The van der Waals surface area contributed by atoms with Crippen molar-refractivity contribution in [3.8, 4) is 0 Å². The minimum absolute atomic E-state index is 0.395. The van der Waals surface area contributed by atoms with Gasteiger partial charge >= 0.3 is 0 Å². The van der Waals surface area contributed by atoms with Gasteiger partial charge in [-0.25, -0.2) is 0 Å². The third-order valence-electron chi connectivity index (χ3n) is 3.68. The number of halogens is 1. The van der Waals surface area contributed by atoms with Gasteiger partial charge in [-0.05, 0) is 46.1 Å². The number of anilines is 2. The van der Waals surface area contributed by atoms with Gasteiger partial charge in [0, 0.05) is 24.3 Å². The van der Waals surface area contributed by atoms with E-state index < -0.39 is 12.0 Å². The molecule has 1 aliphatic heterocycles. The third kappa shape index (κ3) is 3.48. The molecule has 1 aliphatic rings. The lowest BCUT2D eigenvalue weighted by Gasteiger charge is -2.25. The molecule has 1 amide bonds. The highest BCUT2D eigenvalue weighted by atomic mass is 35.5. The maximum absolute atomic E-state index is 11.5. The first kappa shape index (κ1) is 16.1. The van der Waals surface area contributed by atoms with E-state index in [0.717, 1.165) is 31.7 Å². The van der Waals surface area contributed by atoms with Crippen molar-refractivity contribution in [1.82, 2.24) is 4.90 Å². The molecule has 0 aliphatic carbocycles. The Kier molecular flexibility index (Phi) is 5.08. The Hall–Kier alpha value is -1.30. The SMILES string of the molecule is CCN(CCCN(C)C)c1cc2c(cc1Cl)C(O)C(=O)N2. The zero-order valence-electron chi connectivity index (χ0n) is 12.7. The van der Waals surface area contributed by atoms with E-state index in [2.05, 4.69) is 36.1 Å². The largest absolute Gasteiger partial charge is 0.378 e. The van der Waals surface area contributed by atoms with Crippen LogP contribution in [0.1, 0.15) is 25.0 Å². The number of benzene rings is 1. The van der Waals surface area contributed by atoms with Gasteiger partial charge in [-0.3, -0.25) is 4.79 Å². The number of nitrogens with one attached hydrogen (secondary N) is 1. The van der Waals surface area contributed by atoms with Gasteiger partial charge in [0.25, 0.3) is 5.91 Å². The van der Waals surface area contributed by atoms with Gasteiger partial charge in [0.2, 0.25) is 0 Å². The summed E-state index contributed by atoms with van der Waals surface area (Å²) in [5.74, 6) is -0.395. The standard InChI is InChI=1S/C15H22ClN3O2/c1-4-19(7-5-6-18(2)3)13-9-12-10(8-11(13)16)14(20)15(21)17-12/h8-9,14,20H,4-7H2,1-3H3,(H,17,21). The van der Waals surface area contributed by atoms with Gasteiger partial charge in [0.05, 0.1) is 10.7 Å². The van der Waals surface area contributed by atoms with Crippen LogP contribution in [0.15, 0.2) is 12.1 Å². The predicted octanol–water partition coefficient (Wildman–Crippen LogP) is 2.10. The summed E-state index contributed by atoms with van der Waals surface area (Å²) in [5.41, 5.74) is 2.10. The second-order valence-electron chi connectivity index (χ2n) is 5.52. The molecular formula is C15H22ClN3O2. The molecule has 6 heteroatoms. The van der Waals surface area contributed by atoms with Crippen molar-refractivity contribution in [2.24, 2.45) is 0 Å². The molecule has 0 bridgehead atoms. The van der Waals surface area contributed by atoms with E-state index in [1.54, 1.807) is 6.07 Å². The molecule has 0 saturated heterocycles. The molecule has 21 heavy (non-hydrogen) atoms. The minimum Gasteiger partial charge on any atom is -0.378 e. The third-order valence-corrected chi connectivity index (χ3v) is 3.98. The highest BCUT2D eigenvalue weighted by Crippen LogP contribution is 2.38. The Balaban J connectivity index is 2.19. The van der Waals surface area contributed by atoms with E-state index >= 15 is 0 Å². The first-order valence-electron chi connectivity index (χ1n) is 7.16. The predicted molar refractivity (Wildman–Crippen MR) is 86.1 cm³/mol. The fourth-order valence-corrected chi connectivity index (χ4v) is 2.81. The van der Waals surface area contributed by atoms with E-state index in [0.29, 0.717) is 16.3 Å². The minimum atomic E-state index is -1.12. The Morgan fingerprint density at radius 3 is 2.67 bits per heavy atom. The van der Waals surface area contributed by atoms with Crippen molar-refractivity contribution >= 4 is 28.9 Å². The number of amides is 1. The Morgan fingerprint density at radius 2 is 2.05 bits per heavy atom. The van der Waals surface area contributed by atoms with Gasteiger partial charge in [-0.15, -0.1) is 0 Å². The van der Waals surface area contributed by atoms with Crippen LogP contribution in [0, 0.1) is 0 Å². The van der Waals surface area contributed by atoms with Crippen LogP contribution in [-0.2, 0) is 4.79 Å². The summed E-state index contributed by atoms with van der Waals surface area (Å²) >= 11 is 6.33. The molecule has 1 aromatic rings. The molecule has 2 N–H and O–H groups in total. The Labute approximate surface area is 130 Å². The molecule has 116 valence electrons. The summed E-state index contributed by atoms with van der Waals surface area (Å²) in [6, 6.07) is 3.54. The summed E-state index contributed by atoms with van der Waals surface area (Å²) in [6.07, 6.45) is -0.0844. The monoisotopic (exact) mass is 311 g/mol. The summed E-state index contributed by atoms with van der Waals surface area (Å²) in [5, 5.41) is 13.0. The summed E-state index contributed by atoms with van der Waals surface area (Å²) < 4.78 is 0. The molecule has 1 atom stereocenters. The number of carbonyl (C=O) groups excluding carboxylic acids is 1. The lowest BCUT2D eigenvalue weighted by atomic mass is 10.1. The van der Waals surface area contributed by atoms with Gasteiger partial charge in [0.15, 0.2) is 6.10 Å². The number of fused-ring (bicyclic) bond motifs is 1. The maximum Gasteiger partial charge on any atom is 0.257 e. The van der Waals surface area contributed by atoms with Crippen LogP contribution in [0.25, 0.3) is 0 Å². The summed E-state index contributed by atoms with van der Waals surface area (Å²) in [7, 11) is 4.10. The van der Waals surface area contributed by atoms with Crippen LogP contribution in [0.4, 0.5) is 11.4 Å². The normalized spacial score (nSPS) is 17.0. The molecule has 0 aromatic heterocycles. The molecule has 2 rings (SSSR count). The van der Waals surface area contributed by atoms with Crippen molar-refractivity contribution in [3.05, 3.63) is 22.7 Å². The van der Waals surface area contributed by atoms with Crippen LogP contribution in [-0.4, -0.2) is 49.6 Å². The fraction of sp³-hybridized carbons (Fsp3) is 0.533. The smallest absolute Gasteiger partial charge is 0.257 e. The molecule has 0 saturated carbocycles. The number of nitrogens with zero attached hydrogens (tertiary/aromatic N) is 2. The number of rotatable bonds is 6. The van der Waals surface area contributed by atoms with Crippen molar-refractivity contribution in [2.75, 3.05) is 43.9 Å². The first-order valence-corrected chi connectivity index (χ1v) is 7.54. The van der Waals surface area contributed by atoms with Crippen LogP contribution in [0.5, 0.6) is 0 Å². The van der Waals surface area contributed by atoms with Gasteiger partial charge in [-0.2, -0.15) is 0 Å². The highest BCUT2D eigenvalue weighted by molar-refractivity contribution is 6.33. The zero-order chi connectivity index (χ0) is 15.6. The molecule has 0 fully saturated rings. The second kappa shape index (κ2) is 6.64. The van der Waals surface area contributed by atoms with Gasteiger partial charge < -0.3 is 20.2 Å². The quantitative estimate of drug-likeness (QED) is 0.845. The van der Waals surface area contributed by atoms with Gasteiger partial charge in [-0.1, -0.05) is 11.6 Å². The van der Waals surface area contributed by atoms with Crippen molar-refractivity contribution < 1.29 is 9.90 Å². The van der Waals surface area contributed by atoms with Crippen LogP contribution in [0.3, 0.4) is 0 Å². The summed E-state index contributed by atoms with van der Waals surface area (Å²) in [6.45, 7) is 4.81. The highest BCUT2D eigenvalue weighted by Gasteiger charge is 2.30. The summed E-state index contributed by atoms with van der Waals surface area (Å²) in [4.78, 5) is 15.8. The number of hydrogen-bond acceptors (Lipinski definition) is 4. The maximum atomic E-state index is 11.5. The average molecular weight is 312 g/mol.